The zero-order chi connectivity index (χ0) is 14.3. The lowest BCUT2D eigenvalue weighted by molar-refractivity contribution is -0.185. The van der Waals surface area contributed by atoms with Gasteiger partial charge in [0.15, 0.2) is 0 Å². The van der Waals surface area contributed by atoms with Crippen molar-refractivity contribution < 1.29 is 18.4 Å². The Labute approximate surface area is 115 Å². The minimum absolute atomic E-state index is 0.0663. The lowest BCUT2D eigenvalue weighted by Gasteiger charge is -2.35. The monoisotopic (exact) mass is 282 g/mol. The van der Waals surface area contributed by atoms with E-state index in [1.165, 1.54) is 17.2 Å². The van der Waals surface area contributed by atoms with Crippen LogP contribution in [0.15, 0.2) is 18.2 Å². The summed E-state index contributed by atoms with van der Waals surface area (Å²) in [5.74, 6) is -1.57. The first-order chi connectivity index (χ1) is 9.54. The number of hydroxylamine groups is 2. The Hall–Kier alpha value is -1.53. The van der Waals surface area contributed by atoms with Crippen LogP contribution >= 0.6 is 0 Å². The first-order valence-electron chi connectivity index (χ1n) is 6.72. The third kappa shape index (κ3) is 2.41. The topological polar surface area (TPSA) is 55.6 Å². The summed E-state index contributed by atoms with van der Waals surface area (Å²) in [5.41, 5.74) is 6.11. The van der Waals surface area contributed by atoms with Gasteiger partial charge in [-0.2, -0.15) is 0 Å². The van der Waals surface area contributed by atoms with E-state index < -0.39 is 17.7 Å². The van der Waals surface area contributed by atoms with Crippen molar-refractivity contribution in [1.82, 2.24) is 5.06 Å². The van der Waals surface area contributed by atoms with Crippen LogP contribution in [-0.2, 0) is 9.63 Å². The molecule has 0 unspecified atom stereocenters. The molecular weight excluding hydrogens is 266 g/mol. The third-order valence-corrected chi connectivity index (χ3v) is 3.92. The van der Waals surface area contributed by atoms with Gasteiger partial charge in [-0.15, -0.1) is 0 Å². The number of carbonyl (C=O) groups excluding carboxylic acids is 1. The molecule has 1 saturated heterocycles. The normalized spacial score (nSPS) is 29.4. The van der Waals surface area contributed by atoms with Gasteiger partial charge in [0.05, 0.1) is 12.6 Å². The fraction of sp³-hybridized carbons (Fsp3) is 0.500. The molecule has 1 aliphatic carbocycles. The second-order valence-corrected chi connectivity index (χ2v) is 5.43. The second kappa shape index (κ2) is 5.10. The van der Waals surface area contributed by atoms with Gasteiger partial charge >= 0.3 is 0 Å². The van der Waals surface area contributed by atoms with Crippen molar-refractivity contribution in [3.8, 4) is 0 Å². The molecule has 0 spiro atoms. The Morgan fingerprint density at radius 3 is 2.50 bits per heavy atom. The van der Waals surface area contributed by atoms with Gasteiger partial charge in [-0.25, -0.2) is 13.8 Å². The molecule has 1 amide bonds. The van der Waals surface area contributed by atoms with Gasteiger partial charge in [0, 0.05) is 24.4 Å². The number of nitrogens with two attached hydrogens (primary N) is 1. The van der Waals surface area contributed by atoms with Crippen molar-refractivity contribution in [2.24, 2.45) is 11.7 Å². The van der Waals surface area contributed by atoms with E-state index in [4.69, 9.17) is 10.6 Å². The highest BCUT2D eigenvalue weighted by atomic mass is 19.1. The molecule has 2 aliphatic rings. The summed E-state index contributed by atoms with van der Waals surface area (Å²) in [5, 5.41) is 1.27. The lowest BCUT2D eigenvalue weighted by atomic mass is 9.80. The van der Waals surface area contributed by atoms with Gasteiger partial charge < -0.3 is 5.73 Å². The average molecular weight is 282 g/mol. The van der Waals surface area contributed by atoms with Gasteiger partial charge in [0.25, 0.3) is 0 Å². The molecule has 2 N–H and O–H groups in total. The second-order valence-electron chi connectivity index (χ2n) is 5.43. The summed E-state index contributed by atoms with van der Waals surface area (Å²) in [6, 6.07) is 2.95. The highest BCUT2D eigenvalue weighted by Gasteiger charge is 2.40. The van der Waals surface area contributed by atoms with Crippen LogP contribution in [0.3, 0.4) is 0 Å². The summed E-state index contributed by atoms with van der Waals surface area (Å²) in [4.78, 5) is 17.6. The van der Waals surface area contributed by atoms with Gasteiger partial charge in [-0.05, 0) is 30.5 Å². The number of rotatable bonds is 2. The van der Waals surface area contributed by atoms with Crippen LogP contribution in [0.4, 0.5) is 8.78 Å². The number of hydrogen-bond donors (Lipinski definition) is 1. The average Bonchev–Trinajstić information content (AvgIpc) is 2.82. The van der Waals surface area contributed by atoms with Crippen LogP contribution in [0, 0.1) is 17.6 Å². The molecule has 1 heterocycles. The lowest BCUT2D eigenvalue weighted by Crippen LogP contribution is -2.46. The zero-order valence-corrected chi connectivity index (χ0v) is 10.9. The number of benzene rings is 1. The largest absolute Gasteiger partial charge is 0.328 e. The zero-order valence-electron chi connectivity index (χ0n) is 10.9. The molecule has 2 fully saturated rings. The first-order valence-corrected chi connectivity index (χ1v) is 6.72. The maximum absolute atomic E-state index is 13.3. The van der Waals surface area contributed by atoms with Crippen molar-refractivity contribution in [3.05, 3.63) is 35.4 Å². The van der Waals surface area contributed by atoms with Crippen molar-refractivity contribution in [2.75, 3.05) is 6.61 Å². The number of amides is 1. The third-order valence-electron chi connectivity index (χ3n) is 3.92. The minimum atomic E-state index is -0.648. The summed E-state index contributed by atoms with van der Waals surface area (Å²) in [6.45, 7) is 0.368. The summed E-state index contributed by atoms with van der Waals surface area (Å²) in [7, 11) is 0. The van der Waals surface area contributed by atoms with Crippen LogP contribution in [0.1, 0.15) is 30.9 Å². The molecule has 1 aromatic carbocycles. The van der Waals surface area contributed by atoms with Crippen molar-refractivity contribution in [1.29, 1.82) is 0 Å². The molecule has 1 aromatic rings. The van der Waals surface area contributed by atoms with E-state index in [0.29, 0.717) is 31.4 Å². The molecule has 0 bridgehead atoms. The summed E-state index contributed by atoms with van der Waals surface area (Å²) >= 11 is 0. The van der Waals surface area contributed by atoms with Crippen LogP contribution in [0.2, 0.25) is 0 Å². The Kier molecular flexibility index (Phi) is 3.43. The molecule has 1 atom stereocenters. The fourth-order valence-corrected chi connectivity index (χ4v) is 2.80. The van der Waals surface area contributed by atoms with E-state index in [1.807, 2.05) is 0 Å². The quantitative estimate of drug-likeness (QED) is 0.901. The van der Waals surface area contributed by atoms with Gasteiger partial charge in [-0.3, -0.25) is 9.63 Å². The van der Waals surface area contributed by atoms with E-state index in [1.54, 1.807) is 0 Å². The molecule has 1 aliphatic heterocycles. The highest BCUT2D eigenvalue weighted by molar-refractivity contribution is 5.79. The van der Waals surface area contributed by atoms with Crippen LogP contribution < -0.4 is 5.73 Å². The smallest absolute Gasteiger partial charge is 0.249 e. The number of carbonyl (C=O) groups is 1. The van der Waals surface area contributed by atoms with Crippen molar-refractivity contribution >= 4 is 5.91 Å². The van der Waals surface area contributed by atoms with E-state index in [-0.39, 0.29) is 17.9 Å². The van der Waals surface area contributed by atoms with E-state index >= 15 is 0 Å². The van der Waals surface area contributed by atoms with Crippen LogP contribution in [0.5, 0.6) is 0 Å². The molecule has 0 aromatic heterocycles. The van der Waals surface area contributed by atoms with E-state index in [9.17, 15) is 13.6 Å². The Morgan fingerprint density at radius 1 is 1.25 bits per heavy atom. The number of hydrogen-bond acceptors (Lipinski definition) is 3. The minimum Gasteiger partial charge on any atom is -0.328 e. The molecule has 6 heteroatoms. The van der Waals surface area contributed by atoms with E-state index in [0.717, 1.165) is 6.07 Å². The molecular formula is C14H16F2N2O2. The SMILES string of the molecule is NC1CC(C(=O)N2OCC[C@H]2c2cc(F)cc(F)c2)C1. The number of halogens is 2. The van der Waals surface area contributed by atoms with Gasteiger partial charge in [-0.1, -0.05) is 0 Å². The highest BCUT2D eigenvalue weighted by Crippen LogP contribution is 2.36. The summed E-state index contributed by atoms with van der Waals surface area (Å²) < 4.78 is 26.6. The molecule has 0 radical (unpaired) electrons. The Balaban J connectivity index is 1.79. The summed E-state index contributed by atoms with van der Waals surface area (Å²) in [6.07, 6.45) is 1.82. The predicted molar refractivity (Wildman–Crippen MR) is 67.2 cm³/mol. The fourth-order valence-electron chi connectivity index (χ4n) is 2.80. The van der Waals surface area contributed by atoms with Crippen LogP contribution in [-0.4, -0.2) is 23.6 Å². The van der Waals surface area contributed by atoms with Crippen molar-refractivity contribution in [3.63, 3.8) is 0 Å². The molecule has 20 heavy (non-hydrogen) atoms. The van der Waals surface area contributed by atoms with Crippen LogP contribution in [0.25, 0.3) is 0 Å². The first kappa shape index (κ1) is 13.5. The maximum Gasteiger partial charge on any atom is 0.249 e. The Morgan fingerprint density at radius 2 is 1.90 bits per heavy atom. The standard InChI is InChI=1S/C14H16F2N2O2/c15-10-3-8(4-11(16)7-10)13-1-2-20-18(13)14(19)9-5-12(17)6-9/h3-4,7,9,12-13H,1-2,5-6,17H2/t9?,12?,13-/m0/s1. The van der Waals surface area contributed by atoms with E-state index in [2.05, 4.69) is 0 Å². The number of nitrogens with zero attached hydrogens (tertiary/aromatic N) is 1. The maximum atomic E-state index is 13.3. The molecule has 4 nitrogen and oxygen atoms in total. The van der Waals surface area contributed by atoms with Crippen molar-refractivity contribution in [2.45, 2.75) is 31.3 Å². The predicted octanol–water partition coefficient (Wildman–Crippen LogP) is 1.91. The molecule has 3 rings (SSSR count). The van der Waals surface area contributed by atoms with Gasteiger partial charge in [0.2, 0.25) is 5.91 Å². The molecule has 1 saturated carbocycles. The van der Waals surface area contributed by atoms with Gasteiger partial charge in [0.1, 0.15) is 11.6 Å². The Bertz CT molecular complexity index is 512. The molecule has 108 valence electrons.